The topological polar surface area (TPSA) is 237 Å². The maximum atomic E-state index is 13.1. The van der Waals surface area contributed by atoms with Gasteiger partial charge < -0.3 is 33.8 Å². The van der Waals surface area contributed by atoms with E-state index in [9.17, 15) is 43.2 Å². The lowest BCUT2D eigenvalue weighted by molar-refractivity contribution is -0.161. The Hall–Kier alpha value is -4.02. The van der Waals surface area contributed by atoms with Crippen LogP contribution in [0.15, 0.2) is 97.2 Å². The van der Waals surface area contributed by atoms with Gasteiger partial charge in [0.2, 0.25) is 0 Å². The van der Waals surface area contributed by atoms with Gasteiger partial charge >= 0.3 is 39.5 Å². The van der Waals surface area contributed by atoms with E-state index in [1.54, 1.807) is 0 Å². The van der Waals surface area contributed by atoms with Crippen LogP contribution in [0.5, 0.6) is 0 Å². The molecule has 0 radical (unpaired) electrons. The highest BCUT2D eigenvalue weighted by Gasteiger charge is 2.30. The van der Waals surface area contributed by atoms with E-state index in [1.807, 2.05) is 0 Å². The molecule has 0 saturated carbocycles. The summed E-state index contributed by atoms with van der Waals surface area (Å²) in [5.41, 5.74) is 0. The number of hydrogen-bond donors (Lipinski definition) is 3. The van der Waals surface area contributed by atoms with Gasteiger partial charge in [0.05, 0.1) is 26.4 Å². The van der Waals surface area contributed by atoms with Crippen molar-refractivity contribution in [3.05, 3.63) is 97.2 Å². The molecule has 0 fully saturated rings. The fraction of sp³-hybridized carbons (Fsp3) is 0.740. The van der Waals surface area contributed by atoms with Crippen molar-refractivity contribution in [3.63, 3.8) is 0 Å². The molecule has 0 aromatic carbocycles. The van der Waals surface area contributed by atoms with Gasteiger partial charge in [-0.25, -0.2) is 9.13 Å². The van der Waals surface area contributed by atoms with Crippen molar-refractivity contribution >= 4 is 39.5 Å². The van der Waals surface area contributed by atoms with E-state index in [1.165, 1.54) is 83.5 Å². The van der Waals surface area contributed by atoms with Gasteiger partial charge in [-0.05, 0) is 103 Å². The average molecular weight is 1390 g/mol. The van der Waals surface area contributed by atoms with Crippen LogP contribution >= 0.6 is 15.6 Å². The third-order valence-electron chi connectivity index (χ3n) is 15.6. The maximum absolute atomic E-state index is 13.1. The molecule has 17 nitrogen and oxygen atoms in total. The molecule has 0 aliphatic carbocycles. The van der Waals surface area contributed by atoms with Gasteiger partial charge in [-0.1, -0.05) is 279 Å². The van der Waals surface area contributed by atoms with E-state index in [-0.39, 0.29) is 25.7 Å². The molecule has 3 N–H and O–H groups in total. The molecule has 0 aliphatic heterocycles. The first-order valence-corrected chi connectivity index (χ1v) is 40.5. The Morgan fingerprint density at radius 2 is 0.542 bits per heavy atom. The molecule has 0 rings (SSSR count). The monoisotopic (exact) mass is 1390 g/mol. The lowest BCUT2D eigenvalue weighted by Gasteiger charge is -2.21. The highest BCUT2D eigenvalue weighted by molar-refractivity contribution is 7.47. The number of carbonyl (C=O) groups excluding carboxylic acids is 4. The number of phosphoric ester groups is 2. The molecule has 554 valence electrons. The van der Waals surface area contributed by atoms with Gasteiger partial charge in [-0.2, -0.15) is 0 Å². The van der Waals surface area contributed by atoms with E-state index in [0.29, 0.717) is 32.1 Å². The summed E-state index contributed by atoms with van der Waals surface area (Å²) in [6, 6.07) is 0. The Balaban J connectivity index is 5.34. The summed E-state index contributed by atoms with van der Waals surface area (Å²) in [4.78, 5) is 72.7. The van der Waals surface area contributed by atoms with E-state index >= 15 is 0 Å². The number of aliphatic hydroxyl groups is 1. The lowest BCUT2D eigenvalue weighted by Crippen LogP contribution is -2.30. The molecule has 0 spiro atoms. The zero-order valence-electron chi connectivity index (χ0n) is 60.3. The maximum Gasteiger partial charge on any atom is 0.472 e. The molecule has 96 heavy (non-hydrogen) atoms. The Morgan fingerprint density at radius 3 is 0.854 bits per heavy atom. The Morgan fingerprint density at radius 1 is 0.302 bits per heavy atom. The summed E-state index contributed by atoms with van der Waals surface area (Å²) in [5.74, 6) is -2.22. The number of hydrogen-bond acceptors (Lipinski definition) is 15. The molecule has 5 unspecified atom stereocenters. The molecule has 5 atom stereocenters. The molecule has 19 heteroatoms. The van der Waals surface area contributed by atoms with Crippen molar-refractivity contribution in [1.82, 2.24) is 0 Å². The zero-order valence-corrected chi connectivity index (χ0v) is 62.1. The van der Waals surface area contributed by atoms with Crippen LogP contribution in [-0.4, -0.2) is 96.7 Å². The SMILES string of the molecule is CC/C=C\C/C=C\C/C=C\C/C=C\CCCCCCCCC(=O)OCC(COP(=O)(O)OCC(O)COP(=O)(O)OCC(COC(=O)CCCCCCCCCCCCC)OC(=O)CCCCCCCCCCCCC)OC(=O)CCCC/C=C\C/C=C\C/C=C\C/C=C\CC. The molecule has 0 bridgehead atoms. The predicted molar refractivity (Wildman–Crippen MR) is 390 cm³/mol. The van der Waals surface area contributed by atoms with Crippen LogP contribution in [-0.2, 0) is 65.4 Å². The van der Waals surface area contributed by atoms with Crippen molar-refractivity contribution in [2.45, 2.75) is 329 Å². The number of rotatable bonds is 70. The number of aliphatic hydroxyl groups excluding tert-OH is 1. The molecule has 0 amide bonds. The van der Waals surface area contributed by atoms with Crippen molar-refractivity contribution in [1.29, 1.82) is 0 Å². The standard InChI is InChI=1S/C77H134O17P2/c1-5-9-13-17-21-25-29-31-33-34-35-36-38-39-43-46-50-54-58-62-75(80)88-68-73(94-77(82)64-60-56-52-48-44-40-37-32-30-26-22-18-14-10-6-2)70-92-96(85,86)90-66-71(78)65-89-95(83,84)91-69-72(93-76(81)63-59-55-51-47-42-28-24-20-16-12-8-4)67-87-74(79)61-57-53-49-45-41-27-23-19-15-11-7-3/h9-10,13-14,21-22,25-26,31-33,35-37,44,48,71-73,78H,5-8,11-12,15-20,23-24,27-30,34,38-43,45-47,49-70H2,1-4H3,(H,83,84)(H,85,86)/b13-9-,14-10-,25-21-,26-22-,33-31-,36-35-,37-32-,48-44-. The van der Waals surface area contributed by atoms with Crippen LogP contribution < -0.4 is 0 Å². The quantitative estimate of drug-likeness (QED) is 0.0169. The van der Waals surface area contributed by atoms with Gasteiger partial charge in [0.1, 0.15) is 19.3 Å². The number of phosphoric acid groups is 2. The van der Waals surface area contributed by atoms with Crippen molar-refractivity contribution in [2.24, 2.45) is 0 Å². The minimum Gasteiger partial charge on any atom is -0.462 e. The molecule has 0 aromatic heterocycles. The summed E-state index contributed by atoms with van der Waals surface area (Å²) >= 11 is 0. The average Bonchev–Trinajstić information content (AvgIpc) is 1.41. The van der Waals surface area contributed by atoms with Crippen LogP contribution in [0.3, 0.4) is 0 Å². The second-order valence-corrected chi connectivity index (χ2v) is 27.7. The Bertz CT molecular complexity index is 2200. The largest absolute Gasteiger partial charge is 0.472 e. The number of carbonyl (C=O) groups is 4. The minimum atomic E-state index is -4.98. The van der Waals surface area contributed by atoms with Crippen molar-refractivity contribution in [2.75, 3.05) is 39.6 Å². The van der Waals surface area contributed by atoms with Crippen LogP contribution in [0.2, 0.25) is 0 Å². The molecule has 0 aromatic rings. The highest BCUT2D eigenvalue weighted by Crippen LogP contribution is 2.45. The van der Waals surface area contributed by atoms with Gasteiger partial charge in [-0.3, -0.25) is 37.3 Å². The second kappa shape index (κ2) is 69.5. The first-order valence-electron chi connectivity index (χ1n) is 37.5. The summed E-state index contributed by atoms with van der Waals surface area (Å²) in [7, 11) is -9.95. The lowest BCUT2D eigenvalue weighted by atomic mass is 10.1. The van der Waals surface area contributed by atoms with Crippen LogP contribution in [0.4, 0.5) is 0 Å². The van der Waals surface area contributed by atoms with Gasteiger partial charge in [0.15, 0.2) is 12.2 Å². The van der Waals surface area contributed by atoms with Gasteiger partial charge in [0.25, 0.3) is 0 Å². The number of unbranched alkanes of at least 4 members (excludes halogenated alkanes) is 28. The fourth-order valence-corrected chi connectivity index (χ4v) is 11.5. The van der Waals surface area contributed by atoms with E-state index in [0.717, 1.165) is 141 Å². The Labute approximate surface area is 582 Å². The summed E-state index contributed by atoms with van der Waals surface area (Å²) < 4.78 is 68.3. The predicted octanol–water partition coefficient (Wildman–Crippen LogP) is 21.2. The summed E-state index contributed by atoms with van der Waals surface area (Å²) in [5, 5.41) is 10.6. The summed E-state index contributed by atoms with van der Waals surface area (Å²) in [6.45, 7) is 4.58. The van der Waals surface area contributed by atoms with Crippen molar-refractivity contribution < 1.29 is 80.2 Å². The molecule has 0 saturated heterocycles. The first-order chi connectivity index (χ1) is 46.7. The molecule has 0 heterocycles. The molecular formula is C77H134O17P2. The van der Waals surface area contributed by atoms with Gasteiger partial charge in [0, 0.05) is 25.7 Å². The molecular weight excluding hydrogens is 1260 g/mol. The summed E-state index contributed by atoms with van der Waals surface area (Å²) in [6.07, 6.45) is 71.3. The van der Waals surface area contributed by atoms with Gasteiger partial charge in [-0.15, -0.1) is 0 Å². The Kier molecular flexibility index (Phi) is 66.6. The molecule has 0 aliphatic rings. The highest BCUT2D eigenvalue weighted by atomic mass is 31.2. The third-order valence-corrected chi connectivity index (χ3v) is 17.5. The van der Waals surface area contributed by atoms with Crippen LogP contribution in [0.25, 0.3) is 0 Å². The second-order valence-electron chi connectivity index (χ2n) is 24.8. The van der Waals surface area contributed by atoms with E-state index < -0.39 is 97.5 Å². The number of ether oxygens (including phenoxy) is 4. The number of esters is 4. The van der Waals surface area contributed by atoms with Crippen LogP contribution in [0, 0.1) is 0 Å². The fourth-order valence-electron chi connectivity index (χ4n) is 9.91. The normalized spacial score (nSPS) is 14.5. The number of allylic oxidation sites excluding steroid dienone is 16. The van der Waals surface area contributed by atoms with Crippen LogP contribution in [0.1, 0.15) is 310 Å². The van der Waals surface area contributed by atoms with E-state index in [4.69, 9.17) is 37.0 Å². The van der Waals surface area contributed by atoms with Crippen molar-refractivity contribution in [3.8, 4) is 0 Å². The first kappa shape index (κ1) is 92.0. The zero-order chi connectivity index (χ0) is 70.4. The third kappa shape index (κ3) is 68.5. The minimum absolute atomic E-state index is 0.0392. The smallest absolute Gasteiger partial charge is 0.462 e. The van der Waals surface area contributed by atoms with E-state index in [2.05, 4.69) is 125 Å².